The zero-order valence-corrected chi connectivity index (χ0v) is 18.6. The minimum Gasteiger partial charge on any atom is -0.467 e. The third-order valence-corrected chi connectivity index (χ3v) is 1.79. The number of nitrogens with zero attached hydrogens (tertiary/aromatic N) is 2. The summed E-state index contributed by atoms with van der Waals surface area (Å²) < 4.78 is 18.2. The number of nitrogens with one attached hydrogen (secondary N) is 1. The molecule has 0 aliphatic carbocycles. The molecule has 2 aliphatic rings. The van der Waals surface area contributed by atoms with Gasteiger partial charge in [-0.25, -0.2) is 14.0 Å². The molecule has 1 fully saturated rings. The summed E-state index contributed by atoms with van der Waals surface area (Å²) in [6, 6.07) is 0. The van der Waals surface area contributed by atoms with Crippen molar-refractivity contribution in [3.05, 3.63) is 10.1 Å². The first-order valence-corrected chi connectivity index (χ1v) is 10.9. The molecule has 0 aromatic heterocycles. The molecule has 1 saturated heterocycles. The number of aliphatic hydroxyl groups is 2. The number of carbonyl (C=O) groups excluding carboxylic acids is 1. The van der Waals surface area contributed by atoms with E-state index in [-0.39, 0.29) is 25.9 Å². The standard InChI is InChI=1S/C3H4ClNO.C3H5NO2.C2H5NO3.C2H7NO.C2H6.Cl2OS/c4-3-5-1-2-6-3;5-3-4-1-2-6-3;4-2-1-3(5)6;3-1-2-4;1-2;1-4(2)3/h1-2H2;1-2H2,(H,4,5);4H,1-2H2;4H,1-3H2;1-2H3;. The molecule has 28 heavy (non-hydrogen) atoms. The second-order valence-corrected chi connectivity index (χ2v) is 6.37. The lowest BCUT2D eigenvalue weighted by Gasteiger charge is -1.83. The van der Waals surface area contributed by atoms with Crippen LogP contribution in [-0.2, 0) is 18.7 Å². The molecule has 2 heterocycles. The number of amides is 1. The van der Waals surface area contributed by atoms with E-state index in [0.717, 1.165) is 6.54 Å². The summed E-state index contributed by atoms with van der Waals surface area (Å²) in [5.41, 5.74) is 4.78. The van der Waals surface area contributed by atoms with Crippen molar-refractivity contribution in [2.45, 2.75) is 13.8 Å². The summed E-state index contributed by atoms with van der Waals surface area (Å²) in [7, 11) is 7.36. The van der Waals surface area contributed by atoms with Gasteiger partial charge in [0.1, 0.15) is 19.8 Å². The van der Waals surface area contributed by atoms with Crippen molar-refractivity contribution in [2.24, 2.45) is 10.7 Å². The highest BCUT2D eigenvalue weighted by Crippen LogP contribution is 1.95. The van der Waals surface area contributed by atoms with E-state index in [0.29, 0.717) is 31.7 Å². The van der Waals surface area contributed by atoms with Crippen LogP contribution in [0, 0.1) is 10.1 Å². The molecule has 0 radical (unpaired) electrons. The molecule has 2 aliphatic heterocycles. The Labute approximate surface area is 179 Å². The second kappa shape index (κ2) is 30.8. The number of ether oxygens (including phenoxy) is 2. The van der Waals surface area contributed by atoms with Gasteiger partial charge in [0.2, 0.25) is 15.8 Å². The Morgan fingerprint density at radius 1 is 1.29 bits per heavy atom. The molecule has 0 aromatic rings. The van der Waals surface area contributed by atoms with E-state index in [9.17, 15) is 14.9 Å². The monoisotopic (exact) mass is 492 g/mol. The van der Waals surface area contributed by atoms with Crippen LogP contribution < -0.4 is 11.1 Å². The SMILES string of the molecule is CC.ClC1=NCCO1.NCCO.O=C1NCCO1.O=S(Cl)Cl.O=[N+]([O-])CCO. The lowest BCUT2D eigenvalue weighted by Crippen LogP contribution is -2.11. The van der Waals surface area contributed by atoms with Crippen molar-refractivity contribution in [1.29, 1.82) is 0 Å². The molecule has 0 aromatic carbocycles. The van der Waals surface area contributed by atoms with Gasteiger partial charge in [-0.15, -0.1) is 0 Å². The van der Waals surface area contributed by atoms with Gasteiger partial charge in [0.25, 0.3) is 5.36 Å². The highest BCUT2D eigenvalue weighted by molar-refractivity contribution is 8.26. The van der Waals surface area contributed by atoms with E-state index in [1.165, 1.54) is 0 Å². The van der Waals surface area contributed by atoms with Crippen LogP contribution in [0.4, 0.5) is 4.79 Å². The van der Waals surface area contributed by atoms with Gasteiger partial charge in [0.15, 0.2) is 0 Å². The minimum absolute atomic E-state index is 0.0972. The first-order chi connectivity index (χ1) is 13.2. The molecule has 2 rings (SSSR count). The molecule has 1 amide bonds. The van der Waals surface area contributed by atoms with Crippen LogP contribution in [0.1, 0.15) is 13.8 Å². The quantitative estimate of drug-likeness (QED) is 0.248. The third kappa shape index (κ3) is 49.8. The van der Waals surface area contributed by atoms with E-state index in [4.69, 9.17) is 31.8 Å². The number of alkyl carbamates (subject to hydrolysis) is 1. The van der Waals surface area contributed by atoms with Crippen molar-refractivity contribution in [2.75, 3.05) is 52.6 Å². The Kier molecular flexibility index (Phi) is 37.9. The highest BCUT2D eigenvalue weighted by Gasteiger charge is 2.06. The van der Waals surface area contributed by atoms with Gasteiger partial charge in [0, 0.05) is 32.8 Å². The minimum atomic E-state index is -1.67. The number of nitro groups is 1. The predicted molar refractivity (Wildman–Crippen MR) is 110 cm³/mol. The van der Waals surface area contributed by atoms with Gasteiger partial charge in [0.05, 0.1) is 19.7 Å². The van der Waals surface area contributed by atoms with Crippen LogP contribution in [0.15, 0.2) is 4.99 Å². The maximum atomic E-state index is 9.91. The number of carbonyl (C=O) groups is 1. The summed E-state index contributed by atoms with van der Waals surface area (Å²) >= 11 is 5.24. The number of rotatable bonds is 3. The first kappa shape index (κ1) is 34.5. The van der Waals surface area contributed by atoms with Gasteiger partial charge in [-0.3, -0.25) is 10.1 Å². The molecule has 0 atom stereocenters. The maximum absolute atomic E-state index is 9.91. The first-order valence-electron chi connectivity index (χ1n) is 7.72. The van der Waals surface area contributed by atoms with Crippen molar-refractivity contribution in [1.82, 2.24) is 5.32 Å². The molecular formula is C12H27Cl3N4O8S. The van der Waals surface area contributed by atoms with Gasteiger partial charge >= 0.3 is 6.09 Å². The molecule has 0 bridgehead atoms. The lowest BCUT2D eigenvalue weighted by molar-refractivity contribution is -0.482. The number of halogens is 3. The number of cyclic esters (lactones) is 1. The maximum Gasteiger partial charge on any atom is 0.407 e. The van der Waals surface area contributed by atoms with Gasteiger partial charge in [-0.2, -0.15) is 0 Å². The Balaban J connectivity index is -0.000000127. The number of nitrogens with two attached hydrogens (primary N) is 1. The third-order valence-electron chi connectivity index (χ3n) is 1.56. The van der Waals surface area contributed by atoms with Gasteiger partial charge in [-0.1, -0.05) is 13.8 Å². The molecule has 16 heteroatoms. The van der Waals surface area contributed by atoms with Crippen molar-refractivity contribution < 1.29 is 33.6 Å². The summed E-state index contributed by atoms with van der Waals surface area (Å²) in [6.45, 7) is 6.32. The van der Waals surface area contributed by atoms with E-state index >= 15 is 0 Å². The molecule has 12 nitrogen and oxygen atoms in total. The average molecular weight is 494 g/mol. The zero-order valence-electron chi connectivity index (χ0n) is 15.5. The van der Waals surface area contributed by atoms with Crippen LogP contribution in [0.5, 0.6) is 0 Å². The van der Waals surface area contributed by atoms with Crippen molar-refractivity contribution in [3.8, 4) is 0 Å². The molecule has 170 valence electrons. The van der Waals surface area contributed by atoms with Crippen molar-refractivity contribution >= 4 is 53.6 Å². The fourth-order valence-electron chi connectivity index (χ4n) is 0.739. The average Bonchev–Trinajstić information content (AvgIpc) is 3.31. The Morgan fingerprint density at radius 3 is 1.86 bits per heavy atom. The largest absolute Gasteiger partial charge is 0.467 e. The van der Waals surface area contributed by atoms with Crippen LogP contribution in [0.25, 0.3) is 0 Å². The molecule has 0 unspecified atom stereocenters. The Morgan fingerprint density at radius 2 is 1.79 bits per heavy atom. The fraction of sp³-hybridized carbons (Fsp3) is 0.833. The number of aliphatic hydroxyl groups excluding tert-OH is 2. The second-order valence-electron chi connectivity index (χ2n) is 3.52. The number of hydrogen-bond donors (Lipinski definition) is 4. The van der Waals surface area contributed by atoms with E-state index < -0.39 is 14.2 Å². The molecule has 0 saturated carbocycles. The van der Waals surface area contributed by atoms with Crippen LogP contribution in [0.2, 0.25) is 0 Å². The summed E-state index contributed by atoms with van der Waals surface area (Å²) in [6.07, 6.45) is -0.296. The molecule has 5 N–H and O–H groups in total. The predicted octanol–water partition coefficient (Wildman–Crippen LogP) is 0.599. The Hall–Kier alpha value is -0.960. The zero-order chi connectivity index (χ0) is 22.8. The molecular weight excluding hydrogens is 467 g/mol. The van der Waals surface area contributed by atoms with E-state index in [2.05, 4.69) is 41.1 Å². The summed E-state index contributed by atoms with van der Waals surface area (Å²) in [5.74, 6) is 0. The van der Waals surface area contributed by atoms with E-state index in [1.807, 2.05) is 13.8 Å². The summed E-state index contributed by atoms with van der Waals surface area (Å²) in [4.78, 5) is 22.3. The van der Waals surface area contributed by atoms with Gasteiger partial charge in [-0.05, 0) is 11.6 Å². The highest BCUT2D eigenvalue weighted by atomic mass is 36.0. The van der Waals surface area contributed by atoms with Crippen molar-refractivity contribution in [3.63, 3.8) is 0 Å². The summed E-state index contributed by atoms with van der Waals surface area (Å²) in [5, 5.41) is 27.5. The fourth-order valence-corrected chi connectivity index (χ4v) is 0.900. The van der Waals surface area contributed by atoms with Gasteiger partial charge < -0.3 is 30.7 Å². The van der Waals surface area contributed by atoms with E-state index in [1.54, 1.807) is 0 Å². The topological polar surface area (TPSA) is 187 Å². The van der Waals surface area contributed by atoms with Crippen LogP contribution in [-0.4, -0.2) is 83.4 Å². The number of hydrogen-bond acceptors (Lipinski definition) is 10. The van der Waals surface area contributed by atoms with Crippen LogP contribution in [0.3, 0.4) is 0 Å². The normalized spacial score (nSPS) is 12.8. The number of aliphatic imine (C=N–C) groups is 1. The Bertz CT molecular complexity index is 408. The van der Waals surface area contributed by atoms with Crippen LogP contribution >= 0.6 is 33.0 Å². The lowest BCUT2D eigenvalue weighted by atomic mass is 10.7. The molecule has 0 spiro atoms. The smallest absolute Gasteiger partial charge is 0.407 e.